The number of benzene rings is 7. The molecule has 2 heterocycles. The molecule has 0 saturated carbocycles. The Morgan fingerprint density at radius 2 is 0.933 bits per heavy atom. The highest BCUT2D eigenvalue weighted by Crippen LogP contribution is 2.37. The Hall–Kier alpha value is -6.13. The summed E-state index contributed by atoms with van der Waals surface area (Å²) in [4.78, 5) is 15.1. The monoisotopic (exact) mass is 575 g/mol. The Kier molecular flexibility index (Phi) is 5.78. The lowest BCUT2D eigenvalue weighted by molar-refractivity contribution is 0.669. The summed E-state index contributed by atoms with van der Waals surface area (Å²) in [5, 5.41) is 6.83. The minimum absolute atomic E-state index is 0.629. The van der Waals surface area contributed by atoms with Crippen LogP contribution in [-0.2, 0) is 0 Å². The summed E-state index contributed by atoms with van der Waals surface area (Å²) in [6.45, 7) is 0. The molecule has 45 heavy (non-hydrogen) atoms. The van der Waals surface area contributed by atoms with Crippen molar-refractivity contribution in [3.05, 3.63) is 152 Å². The van der Waals surface area contributed by atoms with Gasteiger partial charge in [-0.1, -0.05) is 115 Å². The Bertz CT molecular complexity index is 2550. The predicted octanol–water partition coefficient (Wildman–Crippen LogP) is 10.7. The minimum atomic E-state index is 0.629. The molecule has 2 aromatic heterocycles. The smallest absolute Gasteiger partial charge is 0.164 e. The second kappa shape index (κ2) is 10.2. The van der Waals surface area contributed by atoms with Gasteiger partial charge in [-0.2, -0.15) is 0 Å². The fourth-order valence-electron chi connectivity index (χ4n) is 6.25. The van der Waals surface area contributed by atoms with Crippen molar-refractivity contribution in [2.75, 3.05) is 0 Å². The van der Waals surface area contributed by atoms with Gasteiger partial charge in [0.15, 0.2) is 17.5 Å². The number of para-hydroxylation sites is 1. The third kappa shape index (κ3) is 4.43. The van der Waals surface area contributed by atoms with E-state index in [-0.39, 0.29) is 0 Å². The molecule has 0 bridgehead atoms. The molecule has 0 aliphatic rings. The van der Waals surface area contributed by atoms with Crippen LogP contribution >= 0.6 is 0 Å². The Morgan fingerprint density at radius 3 is 1.78 bits per heavy atom. The van der Waals surface area contributed by atoms with Gasteiger partial charge in [-0.3, -0.25) is 0 Å². The number of fused-ring (bicyclic) bond motifs is 5. The van der Waals surface area contributed by atoms with Gasteiger partial charge < -0.3 is 4.42 Å². The summed E-state index contributed by atoms with van der Waals surface area (Å²) in [7, 11) is 0. The molecule has 0 aliphatic heterocycles. The van der Waals surface area contributed by atoms with Crippen molar-refractivity contribution < 1.29 is 4.42 Å². The van der Waals surface area contributed by atoms with Crippen LogP contribution in [-0.4, -0.2) is 15.0 Å². The van der Waals surface area contributed by atoms with Crippen molar-refractivity contribution in [2.45, 2.75) is 0 Å². The standard InChI is InChI=1S/C41H25N3O/c1-2-11-27(12-3-1)39-42-40(31-19-18-26-10-4-5-13-28(26)22-31)44-41(43-39)32-23-29-14-6-7-15-33(29)36(24-32)30-20-21-35-34-16-8-9-17-37(34)45-38(35)25-30/h1-25H. The molecule has 7 aromatic carbocycles. The van der Waals surface area contributed by atoms with Gasteiger partial charge in [-0.05, 0) is 69.1 Å². The van der Waals surface area contributed by atoms with E-state index in [2.05, 4.69) is 103 Å². The van der Waals surface area contributed by atoms with E-state index < -0.39 is 0 Å². The number of hydrogen-bond acceptors (Lipinski definition) is 4. The summed E-state index contributed by atoms with van der Waals surface area (Å²) < 4.78 is 6.27. The number of aromatic nitrogens is 3. The van der Waals surface area contributed by atoms with Crippen LogP contribution in [0, 0.1) is 0 Å². The lowest BCUT2D eigenvalue weighted by atomic mass is 9.94. The van der Waals surface area contributed by atoms with Crippen molar-refractivity contribution >= 4 is 43.5 Å². The zero-order valence-electron chi connectivity index (χ0n) is 24.2. The van der Waals surface area contributed by atoms with E-state index in [0.29, 0.717) is 17.5 Å². The van der Waals surface area contributed by atoms with Gasteiger partial charge in [0, 0.05) is 27.5 Å². The maximum absolute atomic E-state index is 6.27. The number of nitrogens with zero attached hydrogens (tertiary/aromatic N) is 3. The van der Waals surface area contributed by atoms with E-state index in [1.807, 2.05) is 48.5 Å². The normalized spacial score (nSPS) is 11.6. The summed E-state index contributed by atoms with van der Waals surface area (Å²) >= 11 is 0. The van der Waals surface area contributed by atoms with Crippen molar-refractivity contribution in [1.29, 1.82) is 0 Å². The van der Waals surface area contributed by atoms with Gasteiger partial charge >= 0.3 is 0 Å². The number of rotatable bonds is 4. The molecule has 0 atom stereocenters. The molecule has 9 rings (SSSR count). The van der Waals surface area contributed by atoms with Crippen molar-refractivity contribution in [1.82, 2.24) is 15.0 Å². The van der Waals surface area contributed by atoms with Crippen molar-refractivity contribution in [3.8, 4) is 45.3 Å². The number of hydrogen-bond donors (Lipinski definition) is 0. The quantitative estimate of drug-likeness (QED) is 0.209. The Morgan fingerprint density at radius 1 is 0.333 bits per heavy atom. The topological polar surface area (TPSA) is 51.8 Å². The van der Waals surface area contributed by atoms with Crippen LogP contribution in [0.4, 0.5) is 0 Å². The van der Waals surface area contributed by atoms with Crippen LogP contribution < -0.4 is 0 Å². The van der Waals surface area contributed by atoms with Gasteiger partial charge in [0.1, 0.15) is 11.2 Å². The molecule has 0 fully saturated rings. The fourth-order valence-corrected chi connectivity index (χ4v) is 6.25. The molecule has 0 N–H and O–H groups in total. The fraction of sp³-hybridized carbons (Fsp3) is 0. The zero-order valence-corrected chi connectivity index (χ0v) is 24.2. The van der Waals surface area contributed by atoms with Gasteiger partial charge in [-0.25, -0.2) is 15.0 Å². The molecule has 210 valence electrons. The van der Waals surface area contributed by atoms with Crippen LogP contribution in [0.15, 0.2) is 156 Å². The SMILES string of the molecule is c1ccc(-c2nc(-c3ccc4ccccc4c3)nc(-c3cc(-c4ccc5c(c4)oc4ccccc45)c4ccccc4c3)n2)cc1. The van der Waals surface area contributed by atoms with Crippen LogP contribution in [0.3, 0.4) is 0 Å². The predicted molar refractivity (Wildman–Crippen MR) is 184 cm³/mol. The molecule has 0 saturated heterocycles. The van der Waals surface area contributed by atoms with E-state index in [0.717, 1.165) is 65.9 Å². The minimum Gasteiger partial charge on any atom is -0.456 e. The van der Waals surface area contributed by atoms with E-state index in [4.69, 9.17) is 19.4 Å². The Labute approximate surface area is 259 Å². The highest BCUT2D eigenvalue weighted by atomic mass is 16.3. The molecule has 0 aliphatic carbocycles. The first-order chi connectivity index (χ1) is 22.3. The second-order valence-electron chi connectivity index (χ2n) is 11.3. The van der Waals surface area contributed by atoms with Gasteiger partial charge in [0.05, 0.1) is 0 Å². The summed E-state index contributed by atoms with van der Waals surface area (Å²) in [5.74, 6) is 1.91. The van der Waals surface area contributed by atoms with Gasteiger partial charge in [0.25, 0.3) is 0 Å². The lowest BCUT2D eigenvalue weighted by Gasteiger charge is -2.13. The molecular formula is C41H25N3O. The highest BCUT2D eigenvalue weighted by Gasteiger charge is 2.16. The van der Waals surface area contributed by atoms with E-state index in [1.54, 1.807) is 0 Å². The van der Waals surface area contributed by atoms with E-state index in [9.17, 15) is 0 Å². The largest absolute Gasteiger partial charge is 0.456 e. The maximum Gasteiger partial charge on any atom is 0.164 e. The van der Waals surface area contributed by atoms with Crippen molar-refractivity contribution in [2.24, 2.45) is 0 Å². The van der Waals surface area contributed by atoms with Crippen LogP contribution in [0.5, 0.6) is 0 Å². The maximum atomic E-state index is 6.27. The molecule has 9 aromatic rings. The first kappa shape index (κ1) is 25.4. The lowest BCUT2D eigenvalue weighted by Crippen LogP contribution is -2.00. The number of furan rings is 1. The van der Waals surface area contributed by atoms with Crippen LogP contribution in [0.25, 0.3) is 88.8 Å². The van der Waals surface area contributed by atoms with Crippen LogP contribution in [0.1, 0.15) is 0 Å². The third-order valence-electron chi connectivity index (χ3n) is 8.48. The molecular weight excluding hydrogens is 550 g/mol. The zero-order chi connectivity index (χ0) is 29.7. The summed E-state index contributed by atoms with van der Waals surface area (Å²) in [6.07, 6.45) is 0. The first-order valence-corrected chi connectivity index (χ1v) is 15.0. The average Bonchev–Trinajstić information content (AvgIpc) is 3.49. The second-order valence-corrected chi connectivity index (χ2v) is 11.3. The average molecular weight is 576 g/mol. The molecule has 0 unspecified atom stereocenters. The summed E-state index contributed by atoms with van der Waals surface area (Å²) in [6, 6.07) is 52.3. The van der Waals surface area contributed by atoms with Gasteiger partial charge in [0.2, 0.25) is 0 Å². The first-order valence-electron chi connectivity index (χ1n) is 15.0. The molecule has 0 radical (unpaired) electrons. The van der Waals surface area contributed by atoms with E-state index in [1.165, 1.54) is 5.39 Å². The van der Waals surface area contributed by atoms with Crippen LogP contribution in [0.2, 0.25) is 0 Å². The molecule has 0 amide bonds. The molecule has 4 heteroatoms. The van der Waals surface area contributed by atoms with Gasteiger partial charge in [-0.15, -0.1) is 0 Å². The molecule has 4 nitrogen and oxygen atoms in total. The summed E-state index contributed by atoms with van der Waals surface area (Å²) in [5.41, 5.74) is 6.75. The Balaban J connectivity index is 1.26. The molecule has 0 spiro atoms. The van der Waals surface area contributed by atoms with E-state index >= 15 is 0 Å². The van der Waals surface area contributed by atoms with Crippen molar-refractivity contribution in [3.63, 3.8) is 0 Å². The highest BCUT2D eigenvalue weighted by molar-refractivity contribution is 6.07. The third-order valence-corrected chi connectivity index (χ3v) is 8.48.